The van der Waals surface area contributed by atoms with Crippen LogP contribution < -0.4 is 0 Å². The van der Waals surface area contributed by atoms with E-state index in [1.54, 1.807) is 0 Å². The normalized spacial score (nSPS) is 11.8. The first-order valence-corrected chi connectivity index (χ1v) is 7.29. The summed E-state index contributed by atoms with van der Waals surface area (Å²) in [5.74, 6) is 0. The Morgan fingerprint density at radius 1 is 1.00 bits per heavy atom. The van der Waals surface area contributed by atoms with Crippen LogP contribution in [-0.2, 0) is 6.18 Å². The Balaban J connectivity index is 2.72. The number of halogens is 7. The smallest absolute Gasteiger partial charge is 0.250 e. The Labute approximate surface area is 141 Å². The lowest BCUT2D eigenvalue weighted by Crippen LogP contribution is -2.08. The van der Waals surface area contributed by atoms with E-state index in [2.05, 4.69) is 4.98 Å². The highest BCUT2D eigenvalue weighted by atomic mass is 127. The minimum atomic E-state index is -4.52. The van der Waals surface area contributed by atoms with Crippen LogP contribution in [0.5, 0.6) is 0 Å². The van der Waals surface area contributed by atoms with Gasteiger partial charge in [-0.1, -0.05) is 34.8 Å². The Kier molecular flexibility index (Phi) is 4.73. The molecule has 20 heavy (non-hydrogen) atoms. The lowest BCUT2D eigenvalue weighted by Gasteiger charge is -2.14. The molecule has 0 radical (unpaired) electrons. The average Bonchev–Trinajstić information content (AvgIpc) is 2.33. The number of pyridine rings is 1. The zero-order chi connectivity index (χ0) is 15.1. The van der Waals surface area contributed by atoms with Gasteiger partial charge in [-0.2, -0.15) is 13.2 Å². The summed E-state index contributed by atoms with van der Waals surface area (Å²) in [5.41, 5.74) is -0.665. The fourth-order valence-corrected chi connectivity index (χ4v) is 2.65. The molecule has 0 saturated heterocycles. The van der Waals surface area contributed by atoms with E-state index in [0.717, 1.165) is 6.20 Å². The fraction of sp³-hybridized carbons (Fsp3) is 0.0833. The van der Waals surface area contributed by atoms with E-state index in [-0.39, 0.29) is 26.2 Å². The first-order chi connectivity index (χ1) is 9.20. The van der Waals surface area contributed by atoms with Gasteiger partial charge < -0.3 is 0 Å². The van der Waals surface area contributed by atoms with E-state index in [0.29, 0.717) is 3.70 Å². The lowest BCUT2D eigenvalue weighted by atomic mass is 10.0. The molecule has 0 spiro atoms. The van der Waals surface area contributed by atoms with Crippen molar-refractivity contribution in [3.8, 4) is 11.1 Å². The molecule has 1 aromatic heterocycles. The van der Waals surface area contributed by atoms with Crippen LogP contribution in [0.4, 0.5) is 13.2 Å². The molecule has 2 rings (SSSR count). The highest BCUT2D eigenvalue weighted by Crippen LogP contribution is 2.40. The van der Waals surface area contributed by atoms with Gasteiger partial charge in [0, 0.05) is 6.20 Å². The first kappa shape index (κ1) is 16.1. The molecule has 0 N–H and O–H groups in total. The van der Waals surface area contributed by atoms with Gasteiger partial charge in [-0.25, -0.2) is 4.98 Å². The van der Waals surface area contributed by atoms with Gasteiger partial charge in [0.1, 0.15) is 3.70 Å². The molecule has 8 heteroatoms. The van der Waals surface area contributed by atoms with Crippen molar-refractivity contribution in [2.75, 3.05) is 0 Å². The zero-order valence-corrected chi connectivity index (χ0v) is 13.8. The van der Waals surface area contributed by atoms with Gasteiger partial charge in [0.2, 0.25) is 0 Å². The summed E-state index contributed by atoms with van der Waals surface area (Å²) in [6.45, 7) is 0. The lowest BCUT2D eigenvalue weighted by molar-refractivity contribution is -0.137. The third-order valence-corrected chi connectivity index (χ3v) is 4.26. The second-order valence-corrected chi connectivity index (χ2v) is 6.10. The predicted octanol–water partition coefficient (Wildman–Crippen LogP) is 6.33. The number of hydrogen-bond donors (Lipinski definition) is 0. The van der Waals surface area contributed by atoms with E-state index in [1.165, 1.54) is 18.2 Å². The molecule has 106 valence electrons. The van der Waals surface area contributed by atoms with E-state index in [4.69, 9.17) is 34.8 Å². The minimum absolute atomic E-state index is 0.0441. The van der Waals surface area contributed by atoms with Crippen molar-refractivity contribution >= 4 is 57.4 Å². The summed E-state index contributed by atoms with van der Waals surface area (Å²) >= 11 is 19.3. The second kappa shape index (κ2) is 5.87. The van der Waals surface area contributed by atoms with Crippen molar-refractivity contribution in [2.24, 2.45) is 0 Å². The number of benzene rings is 1. The monoisotopic (exact) mass is 451 g/mol. The maximum atomic E-state index is 13.0. The third-order valence-electron chi connectivity index (χ3n) is 2.47. The Bertz CT molecular complexity index is 650. The molecule has 1 heterocycles. The zero-order valence-electron chi connectivity index (χ0n) is 9.40. The van der Waals surface area contributed by atoms with Gasteiger partial charge in [0.25, 0.3) is 0 Å². The molecule has 1 aromatic carbocycles. The van der Waals surface area contributed by atoms with E-state index in [1.807, 2.05) is 22.6 Å². The molecular formula is C12H4Cl3F3IN. The maximum absolute atomic E-state index is 13.0. The number of hydrogen-bond acceptors (Lipinski definition) is 1. The predicted molar refractivity (Wildman–Crippen MR) is 82.4 cm³/mol. The summed E-state index contributed by atoms with van der Waals surface area (Å²) in [6, 6.07) is 4.01. The minimum Gasteiger partial charge on any atom is -0.250 e. The van der Waals surface area contributed by atoms with Crippen LogP contribution in [-0.4, -0.2) is 4.98 Å². The Morgan fingerprint density at radius 2 is 1.55 bits per heavy atom. The van der Waals surface area contributed by atoms with Crippen molar-refractivity contribution < 1.29 is 13.2 Å². The van der Waals surface area contributed by atoms with E-state index < -0.39 is 11.7 Å². The highest BCUT2D eigenvalue weighted by molar-refractivity contribution is 14.1. The van der Waals surface area contributed by atoms with Crippen LogP contribution in [0.25, 0.3) is 11.1 Å². The van der Waals surface area contributed by atoms with Gasteiger partial charge >= 0.3 is 6.18 Å². The average molecular weight is 452 g/mol. The van der Waals surface area contributed by atoms with Crippen LogP contribution in [0, 0.1) is 3.70 Å². The molecule has 0 aliphatic heterocycles. The third kappa shape index (κ3) is 3.32. The summed E-state index contributed by atoms with van der Waals surface area (Å²) in [6.07, 6.45) is -3.74. The standard InChI is InChI=1S/C12H4Cl3F3IN/c13-8-1-5(2-9(14)11(8)15)6-3-10(19)20-4-7(6)12(16,17)18/h1-4H. The van der Waals surface area contributed by atoms with Crippen LogP contribution in [0.2, 0.25) is 15.1 Å². The number of alkyl halides is 3. The van der Waals surface area contributed by atoms with Gasteiger partial charge in [-0.3, -0.25) is 0 Å². The van der Waals surface area contributed by atoms with Crippen LogP contribution in [0.1, 0.15) is 5.56 Å². The van der Waals surface area contributed by atoms with Crippen LogP contribution >= 0.6 is 57.4 Å². The maximum Gasteiger partial charge on any atom is 0.418 e. The summed E-state index contributed by atoms with van der Waals surface area (Å²) in [5, 5.41) is 0.289. The topological polar surface area (TPSA) is 12.9 Å². The van der Waals surface area contributed by atoms with E-state index in [9.17, 15) is 13.2 Å². The SMILES string of the molecule is FC(F)(F)c1cnc(I)cc1-c1cc(Cl)c(Cl)c(Cl)c1. The molecular weight excluding hydrogens is 448 g/mol. The van der Waals surface area contributed by atoms with Gasteiger partial charge in [0.05, 0.1) is 20.6 Å². The Hall–Kier alpha value is -0.240. The van der Waals surface area contributed by atoms with Crippen molar-refractivity contribution in [3.05, 3.63) is 48.7 Å². The second-order valence-electron chi connectivity index (χ2n) is 3.80. The molecule has 0 saturated carbocycles. The van der Waals surface area contributed by atoms with Crippen molar-refractivity contribution in [1.29, 1.82) is 0 Å². The molecule has 0 atom stereocenters. The van der Waals surface area contributed by atoms with Crippen molar-refractivity contribution in [3.63, 3.8) is 0 Å². The van der Waals surface area contributed by atoms with Gasteiger partial charge in [-0.05, 0) is 51.9 Å². The number of rotatable bonds is 1. The molecule has 0 fully saturated rings. The quantitative estimate of drug-likeness (QED) is 0.280. The van der Waals surface area contributed by atoms with E-state index >= 15 is 0 Å². The fourth-order valence-electron chi connectivity index (χ4n) is 1.61. The molecule has 0 aliphatic rings. The molecule has 0 bridgehead atoms. The summed E-state index contributed by atoms with van der Waals surface area (Å²) < 4.78 is 39.5. The molecule has 0 aliphatic carbocycles. The van der Waals surface area contributed by atoms with Gasteiger partial charge in [0.15, 0.2) is 0 Å². The number of aromatic nitrogens is 1. The first-order valence-electron chi connectivity index (χ1n) is 5.08. The van der Waals surface area contributed by atoms with Gasteiger partial charge in [-0.15, -0.1) is 0 Å². The largest absolute Gasteiger partial charge is 0.418 e. The van der Waals surface area contributed by atoms with Crippen molar-refractivity contribution in [1.82, 2.24) is 4.98 Å². The molecule has 0 unspecified atom stereocenters. The van der Waals surface area contributed by atoms with Crippen LogP contribution in [0.15, 0.2) is 24.4 Å². The number of nitrogens with zero attached hydrogens (tertiary/aromatic N) is 1. The highest BCUT2D eigenvalue weighted by Gasteiger charge is 2.34. The van der Waals surface area contributed by atoms with Crippen molar-refractivity contribution in [2.45, 2.75) is 6.18 Å². The van der Waals surface area contributed by atoms with Crippen LogP contribution in [0.3, 0.4) is 0 Å². The Morgan fingerprint density at radius 3 is 2.05 bits per heavy atom. The molecule has 1 nitrogen and oxygen atoms in total. The summed E-state index contributed by atoms with van der Waals surface area (Å²) in [7, 11) is 0. The molecule has 0 amide bonds. The summed E-state index contributed by atoms with van der Waals surface area (Å²) in [4.78, 5) is 3.67. The molecule has 2 aromatic rings.